The standard InChI is InChI=1S/C48H75NO6S/c1-30(2)32(5)44(10)24-25-46(12)35-20-21-38-45(11)28-53-29-48(38,26-37(52-14)41(45)55-33(6)39(31(3)4)49-56(51)43(7,8)9)36(35)22-23-47(46,13)40(44)42(50)54-27-34-18-16-15-17-19-34/h15-19,22,30-33,35,37-38,40-41H,20-21,23-29H2,1-14H3/t32-,33?,35+,37-,38+,40-,41+,44-,45+,46-,47+,48+,56?/m1/s1. The van der Waals surface area contributed by atoms with Crippen LogP contribution in [0.3, 0.4) is 0 Å². The van der Waals surface area contributed by atoms with Crippen LogP contribution in [0.2, 0.25) is 0 Å². The van der Waals surface area contributed by atoms with Gasteiger partial charge in [-0.25, -0.2) is 4.21 Å². The fraction of sp³-hybridized carbons (Fsp3) is 0.792. The van der Waals surface area contributed by atoms with Gasteiger partial charge in [0, 0.05) is 17.9 Å². The van der Waals surface area contributed by atoms with E-state index >= 15 is 0 Å². The number of nitrogens with zero attached hydrogens (tertiary/aromatic N) is 1. The average molecular weight is 794 g/mol. The molecule has 6 rings (SSSR count). The van der Waals surface area contributed by atoms with E-state index in [1.54, 1.807) is 5.57 Å². The Bertz CT molecular complexity index is 1680. The second-order valence-corrected chi connectivity index (χ2v) is 23.2. The zero-order valence-electron chi connectivity index (χ0n) is 37.3. The predicted molar refractivity (Wildman–Crippen MR) is 227 cm³/mol. The van der Waals surface area contributed by atoms with Crippen LogP contribution < -0.4 is 0 Å². The highest BCUT2D eigenvalue weighted by molar-refractivity contribution is 7.85. The lowest BCUT2D eigenvalue weighted by molar-refractivity contribution is -0.270. The first kappa shape index (κ1) is 43.7. The van der Waals surface area contributed by atoms with Gasteiger partial charge in [-0.3, -0.25) is 4.79 Å². The van der Waals surface area contributed by atoms with E-state index in [9.17, 15) is 9.00 Å². The fourth-order valence-corrected chi connectivity index (χ4v) is 13.8. The maximum atomic E-state index is 14.8. The maximum absolute atomic E-state index is 14.8. The van der Waals surface area contributed by atoms with Gasteiger partial charge in [0.15, 0.2) is 0 Å². The number of rotatable bonds is 11. The molecule has 0 amide bonds. The van der Waals surface area contributed by atoms with E-state index in [-0.39, 0.29) is 63.2 Å². The predicted octanol–water partition coefficient (Wildman–Crippen LogP) is 10.6. The van der Waals surface area contributed by atoms with Crippen molar-refractivity contribution in [1.82, 2.24) is 0 Å². The summed E-state index contributed by atoms with van der Waals surface area (Å²) >= 11 is 0. The van der Waals surface area contributed by atoms with E-state index in [4.69, 9.17) is 23.3 Å². The van der Waals surface area contributed by atoms with Crippen LogP contribution in [0, 0.1) is 62.6 Å². The number of fused-ring (bicyclic) bond motifs is 3. The highest BCUT2D eigenvalue weighted by Gasteiger charge is 2.72. The van der Waals surface area contributed by atoms with E-state index in [1.165, 1.54) is 0 Å². The molecular weight excluding hydrogens is 719 g/mol. The SMILES string of the molecule is CO[C@@H]1C[C@@]23COC[C@@](C)([C@@H]2CC[C@H]2C3=CC[C@@]3(C)[C@H](C(=O)OCc4ccccc4)[C@@](C)([C@H](C)C(C)C)CC[C@]23C)[C@H]1OC(C)C(=NS(=O)C(C)(C)C)C(C)C. The minimum atomic E-state index is -1.38. The molecular formula is C48H75NO6S. The Kier molecular flexibility index (Phi) is 12.2. The van der Waals surface area contributed by atoms with Crippen LogP contribution in [0.15, 0.2) is 46.4 Å². The Morgan fingerprint density at radius 2 is 1.64 bits per heavy atom. The van der Waals surface area contributed by atoms with E-state index in [2.05, 4.69) is 75.3 Å². The number of carbonyl (C=O) groups excluding carboxylic acids is 1. The number of ether oxygens (including phenoxy) is 4. The minimum Gasteiger partial charge on any atom is -0.461 e. The number of esters is 1. The molecule has 1 heterocycles. The van der Waals surface area contributed by atoms with Gasteiger partial charge in [0.1, 0.15) is 17.6 Å². The van der Waals surface area contributed by atoms with Crippen molar-refractivity contribution in [3.63, 3.8) is 0 Å². The second-order valence-electron chi connectivity index (χ2n) is 21.3. The maximum Gasteiger partial charge on any atom is 0.310 e. The van der Waals surface area contributed by atoms with Crippen molar-refractivity contribution in [3.8, 4) is 0 Å². The van der Waals surface area contributed by atoms with Gasteiger partial charge in [0.25, 0.3) is 0 Å². The summed E-state index contributed by atoms with van der Waals surface area (Å²) in [6.07, 6.45) is 7.88. The Morgan fingerprint density at radius 3 is 2.25 bits per heavy atom. The van der Waals surface area contributed by atoms with Crippen LogP contribution in [0.1, 0.15) is 134 Å². The van der Waals surface area contributed by atoms with Gasteiger partial charge in [-0.15, -0.1) is 0 Å². The van der Waals surface area contributed by atoms with Crippen molar-refractivity contribution in [2.45, 2.75) is 158 Å². The quantitative estimate of drug-likeness (QED) is 0.126. The molecule has 56 heavy (non-hydrogen) atoms. The molecule has 13 atom stereocenters. The molecule has 4 fully saturated rings. The zero-order valence-corrected chi connectivity index (χ0v) is 38.1. The van der Waals surface area contributed by atoms with Crippen molar-refractivity contribution < 1.29 is 28.0 Å². The molecule has 3 saturated carbocycles. The molecule has 2 bridgehead atoms. The molecule has 0 spiro atoms. The highest BCUT2D eigenvalue weighted by Crippen LogP contribution is 2.75. The first-order chi connectivity index (χ1) is 26.1. The molecule has 1 aromatic rings. The van der Waals surface area contributed by atoms with E-state index < -0.39 is 15.7 Å². The Labute approximate surface area is 342 Å². The van der Waals surface area contributed by atoms with E-state index in [0.29, 0.717) is 43.5 Å². The Hall–Kier alpha value is -1.87. The number of carbonyl (C=O) groups is 1. The van der Waals surface area contributed by atoms with Gasteiger partial charge in [-0.1, -0.05) is 104 Å². The first-order valence-corrected chi connectivity index (χ1v) is 22.9. The summed E-state index contributed by atoms with van der Waals surface area (Å²) in [7, 11) is 0.464. The lowest BCUT2D eigenvalue weighted by Gasteiger charge is -2.71. The lowest BCUT2D eigenvalue weighted by Crippen LogP contribution is -2.70. The summed E-state index contributed by atoms with van der Waals surface area (Å²) < 4.78 is 44.3. The van der Waals surface area contributed by atoms with Gasteiger partial charge in [0.2, 0.25) is 0 Å². The first-order valence-electron chi connectivity index (χ1n) is 21.8. The summed E-state index contributed by atoms with van der Waals surface area (Å²) in [5, 5.41) is 0. The van der Waals surface area contributed by atoms with E-state index in [1.807, 2.05) is 58.2 Å². The third-order valence-electron chi connectivity index (χ3n) is 16.7. The van der Waals surface area contributed by atoms with Crippen molar-refractivity contribution in [2.75, 3.05) is 20.3 Å². The van der Waals surface area contributed by atoms with Crippen LogP contribution in [0.25, 0.3) is 0 Å². The highest BCUT2D eigenvalue weighted by atomic mass is 32.2. The fourth-order valence-electron chi connectivity index (χ4n) is 13.0. The number of methoxy groups -OCH3 is 1. The van der Waals surface area contributed by atoms with Gasteiger partial charge in [-0.05, 0) is 118 Å². The van der Waals surface area contributed by atoms with Crippen LogP contribution in [-0.2, 0) is 41.3 Å². The summed E-state index contributed by atoms with van der Waals surface area (Å²) in [6, 6.07) is 10.1. The Balaban J connectivity index is 1.36. The summed E-state index contributed by atoms with van der Waals surface area (Å²) in [6.45, 7) is 30.5. The van der Waals surface area contributed by atoms with Crippen molar-refractivity contribution in [3.05, 3.63) is 47.5 Å². The van der Waals surface area contributed by atoms with Gasteiger partial charge < -0.3 is 18.9 Å². The van der Waals surface area contributed by atoms with Crippen molar-refractivity contribution in [1.29, 1.82) is 0 Å². The summed E-state index contributed by atoms with van der Waals surface area (Å²) in [5.41, 5.74) is 2.42. The molecule has 8 heteroatoms. The molecule has 4 aliphatic carbocycles. The van der Waals surface area contributed by atoms with Gasteiger partial charge in [-0.2, -0.15) is 4.40 Å². The largest absolute Gasteiger partial charge is 0.461 e. The molecule has 314 valence electrons. The van der Waals surface area contributed by atoms with Gasteiger partial charge >= 0.3 is 5.97 Å². The summed E-state index contributed by atoms with van der Waals surface area (Å²) in [4.78, 5) is 14.8. The molecule has 0 radical (unpaired) electrons. The molecule has 0 N–H and O–H groups in total. The number of hydrogen-bond donors (Lipinski definition) is 0. The molecule has 1 aromatic carbocycles. The number of benzene rings is 1. The molecule has 1 aliphatic heterocycles. The lowest BCUT2D eigenvalue weighted by atomic mass is 9.34. The van der Waals surface area contributed by atoms with Crippen LogP contribution in [0.4, 0.5) is 0 Å². The number of hydrogen-bond acceptors (Lipinski definition) is 6. The third-order valence-corrected chi connectivity index (χ3v) is 18.1. The van der Waals surface area contributed by atoms with Crippen LogP contribution >= 0.6 is 0 Å². The second kappa shape index (κ2) is 15.6. The van der Waals surface area contributed by atoms with Crippen LogP contribution in [0.5, 0.6) is 0 Å². The summed E-state index contributed by atoms with van der Waals surface area (Å²) in [5.74, 6) is 1.36. The molecule has 7 nitrogen and oxygen atoms in total. The van der Waals surface area contributed by atoms with Crippen molar-refractivity contribution >= 4 is 22.7 Å². The Morgan fingerprint density at radius 1 is 0.964 bits per heavy atom. The molecule has 1 saturated heterocycles. The zero-order chi connectivity index (χ0) is 41.2. The average Bonchev–Trinajstić information content (AvgIpc) is 3.13. The number of allylic oxidation sites excluding steroid dienone is 1. The smallest absolute Gasteiger partial charge is 0.310 e. The molecule has 5 aliphatic rings. The van der Waals surface area contributed by atoms with E-state index in [0.717, 1.165) is 49.8 Å². The topological polar surface area (TPSA) is 83.4 Å². The monoisotopic (exact) mass is 794 g/mol. The normalized spacial score (nSPS) is 40.2. The van der Waals surface area contributed by atoms with Crippen LogP contribution in [-0.4, -0.2) is 59.3 Å². The molecule has 2 unspecified atom stereocenters. The third kappa shape index (κ3) is 7.04. The van der Waals surface area contributed by atoms with Gasteiger partial charge in [0.05, 0.1) is 47.9 Å². The van der Waals surface area contributed by atoms with Crippen molar-refractivity contribution in [2.24, 2.45) is 67.0 Å². The molecule has 0 aromatic heterocycles. The minimum absolute atomic E-state index is 0.0311.